The number of rotatable bonds is 4. The molecule has 1 heterocycles. The summed E-state index contributed by atoms with van der Waals surface area (Å²) < 4.78 is 0.981. The summed E-state index contributed by atoms with van der Waals surface area (Å²) in [5.74, 6) is 0.812. The normalized spacial score (nSPS) is 19.6. The second-order valence-corrected chi connectivity index (χ2v) is 5.84. The number of benzene rings is 1. The van der Waals surface area contributed by atoms with Crippen LogP contribution < -0.4 is 5.73 Å². The molecule has 98 valence electrons. The molecule has 1 aromatic carbocycles. The Morgan fingerprint density at radius 2 is 2.28 bits per heavy atom. The molecule has 0 aromatic heterocycles. The number of halogens is 1. The number of carbonyl (C=O) groups is 1. The smallest absolute Gasteiger partial charge is 0.223 e. The molecule has 1 aliphatic heterocycles. The summed E-state index contributed by atoms with van der Waals surface area (Å²) in [5.41, 5.74) is 7.57. The van der Waals surface area contributed by atoms with Crippen molar-refractivity contribution in [2.24, 2.45) is 5.92 Å². The molecular weight excluding hydrogens is 292 g/mol. The first kappa shape index (κ1) is 13.4. The number of nitrogen functional groups attached to an aromatic ring is 1. The van der Waals surface area contributed by atoms with E-state index in [9.17, 15) is 4.79 Å². The second-order valence-electron chi connectivity index (χ2n) is 4.98. The first-order valence-corrected chi connectivity index (χ1v) is 7.21. The molecule has 1 amide bonds. The molecule has 0 bridgehead atoms. The molecule has 3 nitrogen and oxygen atoms in total. The first-order chi connectivity index (χ1) is 8.60. The van der Waals surface area contributed by atoms with Gasteiger partial charge in [0.15, 0.2) is 0 Å². The molecule has 18 heavy (non-hydrogen) atoms. The molecule has 1 atom stereocenters. The van der Waals surface area contributed by atoms with Crippen LogP contribution in [0.2, 0.25) is 0 Å². The van der Waals surface area contributed by atoms with Gasteiger partial charge in [-0.3, -0.25) is 4.79 Å². The van der Waals surface area contributed by atoms with Crippen molar-refractivity contribution in [2.45, 2.75) is 32.7 Å². The van der Waals surface area contributed by atoms with Crippen LogP contribution in [0.15, 0.2) is 22.7 Å². The minimum atomic E-state index is 0.275. The molecule has 4 heteroatoms. The standard InChI is InChI=1S/C14H19BrN2O/c1-2-3-10-6-14(18)17(8-10)9-11-4-5-12(16)7-13(11)15/h4-5,7,10H,2-3,6,8-9,16H2,1H3. The van der Waals surface area contributed by atoms with E-state index >= 15 is 0 Å². The van der Waals surface area contributed by atoms with E-state index in [1.165, 1.54) is 0 Å². The number of anilines is 1. The van der Waals surface area contributed by atoms with Gasteiger partial charge >= 0.3 is 0 Å². The Morgan fingerprint density at radius 3 is 2.94 bits per heavy atom. The highest BCUT2D eigenvalue weighted by molar-refractivity contribution is 9.10. The number of hydrogen-bond donors (Lipinski definition) is 1. The number of likely N-dealkylation sites (tertiary alicyclic amines) is 1. The molecular formula is C14H19BrN2O. The Morgan fingerprint density at radius 1 is 1.50 bits per heavy atom. The summed E-state index contributed by atoms with van der Waals surface area (Å²) in [7, 11) is 0. The van der Waals surface area contributed by atoms with Gasteiger partial charge in [-0.15, -0.1) is 0 Å². The maximum Gasteiger partial charge on any atom is 0.223 e. The molecule has 1 aromatic rings. The molecule has 0 saturated carbocycles. The van der Waals surface area contributed by atoms with E-state index < -0.39 is 0 Å². The molecule has 1 unspecified atom stereocenters. The lowest BCUT2D eigenvalue weighted by atomic mass is 10.0. The van der Waals surface area contributed by atoms with Crippen LogP contribution in [0, 0.1) is 5.92 Å². The zero-order chi connectivity index (χ0) is 13.1. The van der Waals surface area contributed by atoms with E-state index in [2.05, 4.69) is 22.9 Å². The fourth-order valence-electron chi connectivity index (χ4n) is 2.51. The van der Waals surface area contributed by atoms with Gasteiger partial charge in [0, 0.05) is 29.7 Å². The number of amides is 1. The van der Waals surface area contributed by atoms with Crippen LogP contribution >= 0.6 is 15.9 Å². The lowest BCUT2D eigenvalue weighted by Gasteiger charge is -2.17. The van der Waals surface area contributed by atoms with Crippen LogP contribution in [-0.4, -0.2) is 17.4 Å². The molecule has 1 saturated heterocycles. The van der Waals surface area contributed by atoms with Crippen molar-refractivity contribution in [1.82, 2.24) is 4.90 Å². The monoisotopic (exact) mass is 310 g/mol. The predicted molar refractivity (Wildman–Crippen MR) is 77.0 cm³/mol. The van der Waals surface area contributed by atoms with E-state index in [4.69, 9.17) is 5.73 Å². The minimum absolute atomic E-state index is 0.275. The van der Waals surface area contributed by atoms with Crippen molar-refractivity contribution < 1.29 is 4.79 Å². The summed E-state index contributed by atoms with van der Waals surface area (Å²) in [6.07, 6.45) is 3.00. The zero-order valence-corrected chi connectivity index (χ0v) is 12.2. The van der Waals surface area contributed by atoms with Crippen LogP contribution in [0.3, 0.4) is 0 Å². The van der Waals surface area contributed by atoms with Gasteiger partial charge in [-0.25, -0.2) is 0 Å². The van der Waals surface area contributed by atoms with Gasteiger partial charge < -0.3 is 10.6 Å². The van der Waals surface area contributed by atoms with E-state index in [-0.39, 0.29) is 5.91 Å². The highest BCUT2D eigenvalue weighted by Crippen LogP contribution is 2.27. The quantitative estimate of drug-likeness (QED) is 0.868. The molecule has 0 spiro atoms. The number of nitrogens with two attached hydrogens (primary N) is 1. The summed E-state index contributed by atoms with van der Waals surface area (Å²) in [5, 5.41) is 0. The minimum Gasteiger partial charge on any atom is -0.399 e. The van der Waals surface area contributed by atoms with Crippen molar-refractivity contribution in [3.8, 4) is 0 Å². The number of nitrogens with zero attached hydrogens (tertiary/aromatic N) is 1. The summed E-state index contributed by atoms with van der Waals surface area (Å²) >= 11 is 3.50. The zero-order valence-electron chi connectivity index (χ0n) is 10.7. The predicted octanol–water partition coefficient (Wildman–Crippen LogP) is 3.18. The lowest BCUT2D eigenvalue weighted by molar-refractivity contribution is -0.128. The Labute approximate surface area is 116 Å². The highest BCUT2D eigenvalue weighted by Gasteiger charge is 2.28. The lowest BCUT2D eigenvalue weighted by Crippen LogP contribution is -2.24. The third-order valence-corrected chi connectivity index (χ3v) is 4.17. The first-order valence-electron chi connectivity index (χ1n) is 6.41. The second kappa shape index (κ2) is 5.74. The van der Waals surface area contributed by atoms with Crippen molar-refractivity contribution in [2.75, 3.05) is 12.3 Å². The molecule has 2 rings (SSSR count). The fraction of sp³-hybridized carbons (Fsp3) is 0.500. The van der Waals surface area contributed by atoms with Gasteiger partial charge in [0.25, 0.3) is 0 Å². The summed E-state index contributed by atoms with van der Waals surface area (Å²) in [4.78, 5) is 13.9. The molecule has 1 aliphatic rings. The third-order valence-electron chi connectivity index (χ3n) is 3.43. The topological polar surface area (TPSA) is 46.3 Å². The van der Waals surface area contributed by atoms with Gasteiger partial charge in [0.2, 0.25) is 5.91 Å². The number of carbonyl (C=O) groups excluding carboxylic acids is 1. The third kappa shape index (κ3) is 3.05. The Kier molecular flexibility index (Phi) is 4.27. The van der Waals surface area contributed by atoms with E-state index in [1.807, 2.05) is 23.1 Å². The van der Waals surface area contributed by atoms with Crippen LogP contribution in [0.4, 0.5) is 5.69 Å². The Bertz CT molecular complexity index is 447. The summed E-state index contributed by atoms with van der Waals surface area (Å²) in [6, 6.07) is 5.75. The Hall–Kier alpha value is -1.03. The maximum absolute atomic E-state index is 11.9. The van der Waals surface area contributed by atoms with Gasteiger partial charge in [0.1, 0.15) is 0 Å². The van der Waals surface area contributed by atoms with Crippen molar-refractivity contribution in [1.29, 1.82) is 0 Å². The molecule has 0 radical (unpaired) electrons. The summed E-state index contributed by atoms with van der Waals surface area (Å²) in [6.45, 7) is 3.74. The van der Waals surface area contributed by atoms with Gasteiger partial charge in [-0.05, 0) is 30.0 Å². The highest BCUT2D eigenvalue weighted by atomic mass is 79.9. The molecule has 2 N–H and O–H groups in total. The largest absolute Gasteiger partial charge is 0.399 e. The van der Waals surface area contributed by atoms with Gasteiger partial charge in [0.05, 0.1) is 0 Å². The van der Waals surface area contributed by atoms with Crippen LogP contribution in [0.1, 0.15) is 31.7 Å². The van der Waals surface area contributed by atoms with E-state index in [1.54, 1.807) is 0 Å². The van der Waals surface area contributed by atoms with Gasteiger partial charge in [-0.1, -0.05) is 35.3 Å². The molecule has 1 fully saturated rings. The SMILES string of the molecule is CCCC1CC(=O)N(Cc2ccc(N)cc2Br)C1. The van der Waals surface area contributed by atoms with Crippen molar-refractivity contribution in [3.05, 3.63) is 28.2 Å². The van der Waals surface area contributed by atoms with Crippen molar-refractivity contribution in [3.63, 3.8) is 0 Å². The average molecular weight is 311 g/mol. The van der Waals surface area contributed by atoms with E-state index in [0.29, 0.717) is 18.9 Å². The fourth-order valence-corrected chi connectivity index (χ4v) is 3.03. The van der Waals surface area contributed by atoms with E-state index in [0.717, 1.165) is 35.1 Å². The maximum atomic E-state index is 11.9. The van der Waals surface area contributed by atoms with Crippen LogP contribution in [0.5, 0.6) is 0 Å². The van der Waals surface area contributed by atoms with Crippen molar-refractivity contribution >= 4 is 27.5 Å². The molecule has 0 aliphatic carbocycles. The average Bonchev–Trinajstić information content (AvgIpc) is 2.64. The van der Waals surface area contributed by atoms with Crippen LogP contribution in [0.25, 0.3) is 0 Å². The number of hydrogen-bond acceptors (Lipinski definition) is 2. The Balaban J connectivity index is 2.03. The van der Waals surface area contributed by atoms with Crippen LogP contribution in [-0.2, 0) is 11.3 Å². The van der Waals surface area contributed by atoms with Gasteiger partial charge in [-0.2, -0.15) is 0 Å².